The molecule has 0 radical (unpaired) electrons. The number of para-hydroxylation sites is 1. The highest BCUT2D eigenvalue weighted by Crippen LogP contribution is 2.32. The Morgan fingerprint density at radius 1 is 1.13 bits per heavy atom. The maximum Gasteiger partial charge on any atom is 0.416 e. The Morgan fingerprint density at radius 3 is 2.61 bits per heavy atom. The van der Waals surface area contributed by atoms with Crippen LogP contribution in [0, 0.1) is 0 Å². The van der Waals surface area contributed by atoms with Crippen LogP contribution in [0.1, 0.15) is 27.9 Å². The van der Waals surface area contributed by atoms with Gasteiger partial charge in [0.1, 0.15) is 5.01 Å². The van der Waals surface area contributed by atoms with E-state index in [0.717, 1.165) is 17.1 Å². The van der Waals surface area contributed by atoms with E-state index in [0.29, 0.717) is 11.6 Å². The summed E-state index contributed by atoms with van der Waals surface area (Å²) in [5.41, 5.74) is -0.509. The Morgan fingerprint density at radius 2 is 1.90 bits per heavy atom. The second kappa shape index (κ2) is 7.95. The number of carbonyl (C=O) groups is 1. The molecule has 1 amide bonds. The van der Waals surface area contributed by atoms with Crippen LogP contribution in [-0.4, -0.2) is 21.1 Å². The molecule has 31 heavy (non-hydrogen) atoms. The largest absolute Gasteiger partial charge is 0.416 e. The molecule has 0 saturated heterocycles. The molecular weight excluding hydrogens is 429 g/mol. The summed E-state index contributed by atoms with van der Waals surface area (Å²) in [6.45, 7) is 1.91. The second-order valence-electron chi connectivity index (χ2n) is 6.66. The number of fused-ring (bicyclic) bond motifs is 1. The van der Waals surface area contributed by atoms with Crippen LogP contribution in [0.4, 0.5) is 18.3 Å². The first kappa shape index (κ1) is 20.7. The van der Waals surface area contributed by atoms with Crippen LogP contribution in [0.2, 0.25) is 0 Å². The number of pyridine rings is 1. The zero-order chi connectivity index (χ0) is 22.2. The van der Waals surface area contributed by atoms with Crippen molar-refractivity contribution in [2.75, 3.05) is 5.32 Å². The average molecular weight is 444 g/mol. The van der Waals surface area contributed by atoms with Crippen LogP contribution < -0.4 is 10.7 Å². The van der Waals surface area contributed by atoms with Gasteiger partial charge in [-0.2, -0.15) is 13.2 Å². The number of hydrogen-bond acceptors (Lipinski definition) is 5. The van der Waals surface area contributed by atoms with E-state index in [1.54, 1.807) is 12.1 Å². The number of carbonyl (C=O) groups excluding carboxylic acids is 1. The molecule has 0 atom stereocenters. The van der Waals surface area contributed by atoms with Crippen molar-refractivity contribution in [3.8, 4) is 11.3 Å². The lowest BCUT2D eigenvalue weighted by Gasteiger charge is -2.11. The molecule has 0 unspecified atom stereocenters. The highest BCUT2D eigenvalue weighted by Gasteiger charge is 2.30. The molecule has 158 valence electrons. The molecule has 0 saturated carbocycles. The Labute approximate surface area is 177 Å². The first-order valence-electron chi connectivity index (χ1n) is 9.23. The summed E-state index contributed by atoms with van der Waals surface area (Å²) in [6, 6.07) is 10.5. The number of anilines is 1. The smallest absolute Gasteiger partial charge is 0.354 e. The van der Waals surface area contributed by atoms with Crippen LogP contribution in [-0.2, 0) is 12.6 Å². The normalized spacial score (nSPS) is 11.6. The average Bonchev–Trinajstić information content (AvgIpc) is 3.20. The molecule has 0 spiro atoms. The number of aromatic nitrogens is 3. The van der Waals surface area contributed by atoms with Crippen molar-refractivity contribution in [1.82, 2.24) is 15.2 Å². The van der Waals surface area contributed by atoms with E-state index in [-0.39, 0.29) is 27.7 Å². The number of amides is 1. The van der Waals surface area contributed by atoms with E-state index in [4.69, 9.17) is 0 Å². The number of hydrogen-bond donors (Lipinski definition) is 2. The van der Waals surface area contributed by atoms with E-state index < -0.39 is 23.1 Å². The van der Waals surface area contributed by atoms with Gasteiger partial charge >= 0.3 is 6.18 Å². The van der Waals surface area contributed by atoms with Crippen molar-refractivity contribution in [3.63, 3.8) is 0 Å². The number of nitrogens with one attached hydrogen (secondary N) is 2. The van der Waals surface area contributed by atoms with E-state index in [1.165, 1.54) is 35.6 Å². The quantitative estimate of drug-likeness (QED) is 0.470. The van der Waals surface area contributed by atoms with Crippen molar-refractivity contribution in [1.29, 1.82) is 0 Å². The molecule has 4 aromatic rings. The summed E-state index contributed by atoms with van der Waals surface area (Å²) < 4.78 is 39.3. The number of halogens is 3. The highest BCUT2D eigenvalue weighted by atomic mass is 32.1. The predicted molar refractivity (Wildman–Crippen MR) is 112 cm³/mol. The van der Waals surface area contributed by atoms with Crippen LogP contribution in [0.3, 0.4) is 0 Å². The number of alkyl halides is 3. The van der Waals surface area contributed by atoms with Crippen molar-refractivity contribution >= 4 is 33.3 Å². The topological polar surface area (TPSA) is 87.7 Å². The number of aromatic amines is 1. The Bertz CT molecular complexity index is 1340. The van der Waals surface area contributed by atoms with Gasteiger partial charge in [-0.05, 0) is 36.2 Å². The van der Waals surface area contributed by atoms with Crippen LogP contribution in [0.15, 0.2) is 53.3 Å². The van der Waals surface area contributed by atoms with E-state index >= 15 is 0 Å². The molecule has 6 nitrogen and oxygen atoms in total. The molecule has 10 heteroatoms. The van der Waals surface area contributed by atoms with E-state index in [2.05, 4.69) is 20.5 Å². The minimum absolute atomic E-state index is 0.164. The van der Waals surface area contributed by atoms with Crippen molar-refractivity contribution < 1.29 is 18.0 Å². The van der Waals surface area contributed by atoms with Gasteiger partial charge in [-0.3, -0.25) is 14.9 Å². The summed E-state index contributed by atoms with van der Waals surface area (Å²) >= 11 is 1.24. The molecular formula is C21H15F3N4O2S. The fraction of sp³-hybridized carbons (Fsp3) is 0.143. The van der Waals surface area contributed by atoms with Gasteiger partial charge in [-0.25, -0.2) is 0 Å². The van der Waals surface area contributed by atoms with E-state index in [1.807, 2.05) is 6.92 Å². The number of aryl methyl sites for hydroxylation is 1. The lowest BCUT2D eigenvalue weighted by molar-refractivity contribution is -0.137. The van der Waals surface area contributed by atoms with Gasteiger partial charge in [0, 0.05) is 17.1 Å². The van der Waals surface area contributed by atoms with Gasteiger partial charge in [-0.1, -0.05) is 36.5 Å². The number of H-pyrrole nitrogens is 1. The number of benzene rings is 2. The van der Waals surface area contributed by atoms with Crippen LogP contribution in [0.25, 0.3) is 22.2 Å². The molecule has 2 aromatic heterocycles. The monoisotopic (exact) mass is 444 g/mol. The lowest BCUT2D eigenvalue weighted by atomic mass is 10.0. The highest BCUT2D eigenvalue weighted by molar-refractivity contribution is 7.15. The Balaban J connectivity index is 1.79. The molecule has 0 bridgehead atoms. The molecule has 4 rings (SSSR count). The third kappa shape index (κ3) is 4.19. The van der Waals surface area contributed by atoms with Crippen LogP contribution >= 0.6 is 11.3 Å². The lowest BCUT2D eigenvalue weighted by Crippen LogP contribution is -2.14. The first-order valence-corrected chi connectivity index (χ1v) is 10.1. The number of nitrogens with zero attached hydrogens (tertiary/aromatic N) is 2. The summed E-state index contributed by atoms with van der Waals surface area (Å²) in [4.78, 5) is 28.4. The first-order chi connectivity index (χ1) is 14.8. The molecule has 2 heterocycles. The SMILES string of the molecule is CCc1nnc(NC(=O)c2cccc3c(=O)cc(-c4cccc(C(F)(F)F)c4)[nH]c23)s1. The van der Waals surface area contributed by atoms with Gasteiger partial charge < -0.3 is 4.98 Å². The van der Waals surface area contributed by atoms with Crippen molar-refractivity contribution in [2.45, 2.75) is 19.5 Å². The van der Waals surface area contributed by atoms with Gasteiger partial charge in [0.25, 0.3) is 5.91 Å². The minimum atomic E-state index is -4.52. The Hall–Kier alpha value is -3.53. The maximum atomic E-state index is 13.1. The van der Waals surface area contributed by atoms with Crippen molar-refractivity contribution in [2.24, 2.45) is 0 Å². The molecule has 0 aliphatic heterocycles. The second-order valence-corrected chi connectivity index (χ2v) is 7.72. The molecule has 0 aliphatic carbocycles. The predicted octanol–water partition coefficient (Wildman–Crippen LogP) is 4.88. The minimum Gasteiger partial charge on any atom is -0.354 e. The molecule has 0 aliphatic rings. The third-order valence-electron chi connectivity index (χ3n) is 4.60. The van der Waals surface area contributed by atoms with Gasteiger partial charge in [0.15, 0.2) is 5.43 Å². The zero-order valence-electron chi connectivity index (χ0n) is 16.1. The summed E-state index contributed by atoms with van der Waals surface area (Å²) in [5, 5.41) is 11.8. The summed E-state index contributed by atoms with van der Waals surface area (Å²) in [6.07, 6.45) is -3.84. The van der Waals surface area contributed by atoms with Gasteiger partial charge in [0.05, 0.1) is 16.6 Å². The molecule has 0 fully saturated rings. The van der Waals surface area contributed by atoms with E-state index in [9.17, 15) is 22.8 Å². The van der Waals surface area contributed by atoms with Gasteiger partial charge in [0.2, 0.25) is 5.13 Å². The standard InChI is InChI=1S/C21H15F3N4O2S/c1-2-17-27-28-20(31-17)26-19(30)14-8-4-7-13-16(29)10-15(25-18(13)14)11-5-3-6-12(9-11)21(22,23)24/h3-10H,2H2,1H3,(H,25,29)(H,26,28,30). The zero-order valence-corrected chi connectivity index (χ0v) is 16.9. The molecule has 2 N–H and O–H groups in total. The molecule has 2 aromatic carbocycles. The number of rotatable bonds is 4. The van der Waals surface area contributed by atoms with Crippen LogP contribution in [0.5, 0.6) is 0 Å². The van der Waals surface area contributed by atoms with Crippen molar-refractivity contribution in [3.05, 3.63) is 74.9 Å². The third-order valence-corrected chi connectivity index (χ3v) is 5.58. The fourth-order valence-electron chi connectivity index (χ4n) is 3.09. The summed E-state index contributed by atoms with van der Waals surface area (Å²) in [5.74, 6) is -0.513. The van der Waals surface area contributed by atoms with Gasteiger partial charge in [-0.15, -0.1) is 10.2 Å². The maximum absolute atomic E-state index is 13.1. The fourth-order valence-corrected chi connectivity index (χ4v) is 3.77. The summed E-state index contributed by atoms with van der Waals surface area (Å²) in [7, 11) is 0. The Kier molecular flexibility index (Phi) is 5.32.